The lowest BCUT2D eigenvalue weighted by Gasteiger charge is -2.28. The first-order valence-corrected chi connectivity index (χ1v) is 11.8. The summed E-state index contributed by atoms with van der Waals surface area (Å²) in [5.74, 6) is 0.397. The van der Waals surface area contributed by atoms with E-state index in [4.69, 9.17) is 31.2 Å². The van der Waals surface area contributed by atoms with E-state index in [1.807, 2.05) is 0 Å². The van der Waals surface area contributed by atoms with Crippen LogP contribution in [0, 0.1) is 11.7 Å². The number of carbonyl (C=O) groups excluding carboxylic acids is 1. The number of rotatable bonds is 11. The molecular formula is C27H27ClFNO5. The summed E-state index contributed by atoms with van der Waals surface area (Å²) in [6.07, 6.45) is 2.03. The minimum atomic E-state index is -1.29. The standard InChI is InChI=1S/C27H27ClFNO5/c1-34-24-10-11-25(30-26(24)18-4-9-22(29)21(28)16-18)27(33,19-5-6-19)13-12-23(32)17-2-7-20(8-3-17)35-15-14-31/h2-4,7-11,16,19,31,33H,5-6,12-15H2,1H3. The first-order chi connectivity index (χ1) is 16.9. The molecule has 2 N–H and O–H groups in total. The number of aliphatic hydroxyl groups excluding tert-OH is 1. The molecule has 1 aliphatic carbocycles. The maximum Gasteiger partial charge on any atom is 0.163 e. The molecule has 1 heterocycles. The number of methoxy groups -OCH3 is 1. The van der Waals surface area contributed by atoms with Crippen LogP contribution in [0.2, 0.25) is 5.02 Å². The zero-order valence-corrected chi connectivity index (χ0v) is 20.1. The summed E-state index contributed by atoms with van der Waals surface area (Å²) in [6, 6.07) is 14.4. The molecule has 1 atom stereocenters. The number of Topliss-reactive ketones (excluding diaryl/α,β-unsaturated/α-hetero) is 1. The van der Waals surface area contributed by atoms with Gasteiger partial charge in [-0.1, -0.05) is 11.6 Å². The molecule has 1 unspecified atom stereocenters. The first-order valence-electron chi connectivity index (χ1n) is 11.5. The van der Waals surface area contributed by atoms with E-state index in [1.165, 1.54) is 19.2 Å². The van der Waals surface area contributed by atoms with Crippen LogP contribution in [0.15, 0.2) is 54.6 Å². The van der Waals surface area contributed by atoms with Crippen molar-refractivity contribution in [1.82, 2.24) is 4.98 Å². The molecule has 8 heteroatoms. The predicted octanol–water partition coefficient (Wildman–Crippen LogP) is 5.18. The minimum absolute atomic E-state index is 0.00453. The number of ketones is 1. The summed E-state index contributed by atoms with van der Waals surface area (Å²) < 4.78 is 24.5. The number of ether oxygens (including phenoxy) is 2. The molecule has 35 heavy (non-hydrogen) atoms. The number of aliphatic hydroxyl groups is 2. The second kappa shape index (κ2) is 10.7. The van der Waals surface area contributed by atoms with Gasteiger partial charge in [0.25, 0.3) is 0 Å². The Morgan fingerprint density at radius 2 is 1.91 bits per heavy atom. The molecule has 1 aliphatic rings. The molecule has 0 bridgehead atoms. The van der Waals surface area contributed by atoms with Gasteiger partial charge in [0, 0.05) is 17.5 Å². The van der Waals surface area contributed by atoms with Crippen molar-refractivity contribution in [2.24, 2.45) is 5.92 Å². The molecule has 0 amide bonds. The molecule has 184 valence electrons. The van der Waals surface area contributed by atoms with Crippen LogP contribution in [-0.2, 0) is 5.60 Å². The van der Waals surface area contributed by atoms with Crippen molar-refractivity contribution in [3.8, 4) is 22.8 Å². The third-order valence-corrected chi connectivity index (χ3v) is 6.53. The molecule has 3 aromatic rings. The Bertz CT molecular complexity index is 1200. The van der Waals surface area contributed by atoms with Gasteiger partial charge < -0.3 is 19.7 Å². The average Bonchev–Trinajstić information content (AvgIpc) is 3.73. The maximum absolute atomic E-state index is 13.7. The van der Waals surface area contributed by atoms with Gasteiger partial charge in [-0.3, -0.25) is 4.79 Å². The van der Waals surface area contributed by atoms with E-state index in [1.54, 1.807) is 42.5 Å². The smallest absolute Gasteiger partial charge is 0.163 e. The van der Waals surface area contributed by atoms with Crippen molar-refractivity contribution in [2.75, 3.05) is 20.3 Å². The largest absolute Gasteiger partial charge is 0.494 e. The number of hydrogen-bond acceptors (Lipinski definition) is 6. The fourth-order valence-electron chi connectivity index (χ4n) is 4.15. The highest BCUT2D eigenvalue weighted by Gasteiger charge is 2.46. The van der Waals surface area contributed by atoms with E-state index in [0.717, 1.165) is 12.8 Å². The van der Waals surface area contributed by atoms with Gasteiger partial charge in [-0.15, -0.1) is 0 Å². The lowest BCUT2D eigenvalue weighted by atomic mass is 9.86. The second-order valence-electron chi connectivity index (χ2n) is 8.59. The third-order valence-electron chi connectivity index (χ3n) is 6.24. The van der Waals surface area contributed by atoms with Gasteiger partial charge in [0.15, 0.2) is 5.78 Å². The van der Waals surface area contributed by atoms with Crippen LogP contribution in [-0.4, -0.2) is 41.3 Å². The van der Waals surface area contributed by atoms with Gasteiger partial charge in [-0.05, 0) is 79.8 Å². The topological polar surface area (TPSA) is 88.9 Å². The van der Waals surface area contributed by atoms with Crippen molar-refractivity contribution in [3.05, 3.63) is 76.7 Å². The summed E-state index contributed by atoms with van der Waals surface area (Å²) >= 11 is 5.98. The van der Waals surface area contributed by atoms with Gasteiger partial charge in [-0.25, -0.2) is 9.37 Å². The van der Waals surface area contributed by atoms with E-state index in [9.17, 15) is 14.3 Å². The normalized spacial score (nSPS) is 14.9. The minimum Gasteiger partial charge on any atom is -0.494 e. The van der Waals surface area contributed by atoms with E-state index in [2.05, 4.69) is 0 Å². The molecule has 1 saturated carbocycles. The first kappa shape index (κ1) is 25.1. The third kappa shape index (κ3) is 5.64. The van der Waals surface area contributed by atoms with Crippen molar-refractivity contribution >= 4 is 17.4 Å². The van der Waals surface area contributed by atoms with Crippen molar-refractivity contribution in [2.45, 2.75) is 31.3 Å². The Morgan fingerprint density at radius 1 is 1.17 bits per heavy atom. The summed E-state index contributed by atoms with van der Waals surface area (Å²) in [5.41, 5.74) is 0.675. The maximum atomic E-state index is 13.7. The molecular weight excluding hydrogens is 473 g/mol. The molecule has 0 saturated heterocycles. The monoisotopic (exact) mass is 499 g/mol. The molecule has 2 aromatic carbocycles. The van der Waals surface area contributed by atoms with Crippen molar-refractivity contribution in [1.29, 1.82) is 0 Å². The number of carbonyl (C=O) groups is 1. The molecule has 0 aliphatic heterocycles. The van der Waals surface area contributed by atoms with Crippen LogP contribution in [0.4, 0.5) is 4.39 Å². The number of nitrogens with zero attached hydrogens (tertiary/aromatic N) is 1. The second-order valence-corrected chi connectivity index (χ2v) is 9.00. The number of halogens is 2. The lowest BCUT2D eigenvalue weighted by molar-refractivity contribution is -0.00110. The van der Waals surface area contributed by atoms with Gasteiger partial charge in [0.1, 0.15) is 35.2 Å². The van der Waals surface area contributed by atoms with Gasteiger partial charge >= 0.3 is 0 Å². The summed E-state index contributed by atoms with van der Waals surface area (Å²) in [6.45, 7) is 0.0957. The van der Waals surface area contributed by atoms with Crippen LogP contribution in [0.1, 0.15) is 41.7 Å². The fourth-order valence-corrected chi connectivity index (χ4v) is 4.33. The summed E-state index contributed by atoms with van der Waals surface area (Å²) in [5, 5.41) is 20.5. The highest BCUT2D eigenvalue weighted by atomic mass is 35.5. The zero-order chi connectivity index (χ0) is 25.0. The Balaban J connectivity index is 1.57. The van der Waals surface area contributed by atoms with Crippen LogP contribution in [0.5, 0.6) is 11.5 Å². The van der Waals surface area contributed by atoms with E-state index in [-0.39, 0.29) is 42.8 Å². The van der Waals surface area contributed by atoms with Gasteiger partial charge in [-0.2, -0.15) is 0 Å². The SMILES string of the molecule is COc1ccc(C(O)(CCC(=O)c2ccc(OCCO)cc2)C2CC2)nc1-c1ccc(F)c(Cl)c1. The highest BCUT2D eigenvalue weighted by Crippen LogP contribution is 2.49. The zero-order valence-electron chi connectivity index (χ0n) is 19.3. The summed E-state index contributed by atoms with van der Waals surface area (Å²) in [4.78, 5) is 17.6. The number of aromatic nitrogens is 1. The van der Waals surface area contributed by atoms with Crippen LogP contribution in [0.3, 0.4) is 0 Å². The molecule has 6 nitrogen and oxygen atoms in total. The molecule has 4 rings (SSSR count). The Kier molecular flexibility index (Phi) is 7.69. The molecule has 0 radical (unpaired) electrons. The number of pyridine rings is 1. The van der Waals surface area contributed by atoms with Crippen LogP contribution < -0.4 is 9.47 Å². The molecule has 1 fully saturated rings. The summed E-state index contributed by atoms with van der Waals surface area (Å²) in [7, 11) is 1.51. The van der Waals surface area contributed by atoms with E-state index >= 15 is 0 Å². The van der Waals surface area contributed by atoms with Gasteiger partial charge in [0.2, 0.25) is 0 Å². The van der Waals surface area contributed by atoms with Crippen molar-refractivity contribution in [3.63, 3.8) is 0 Å². The quantitative estimate of drug-likeness (QED) is 0.353. The highest BCUT2D eigenvalue weighted by molar-refractivity contribution is 6.31. The lowest BCUT2D eigenvalue weighted by Crippen LogP contribution is -2.30. The van der Waals surface area contributed by atoms with E-state index < -0.39 is 11.4 Å². The fraction of sp³-hybridized carbons (Fsp3) is 0.333. The average molecular weight is 500 g/mol. The number of benzene rings is 2. The van der Waals surface area contributed by atoms with Crippen LogP contribution in [0.25, 0.3) is 11.3 Å². The molecule has 0 spiro atoms. The Hall–Kier alpha value is -3.00. The van der Waals surface area contributed by atoms with Crippen molar-refractivity contribution < 1.29 is 28.9 Å². The van der Waals surface area contributed by atoms with Gasteiger partial charge in [0.05, 0.1) is 24.4 Å². The molecule has 1 aromatic heterocycles. The Labute approximate surface area is 208 Å². The predicted molar refractivity (Wildman–Crippen MR) is 130 cm³/mol. The Morgan fingerprint density at radius 3 is 2.54 bits per heavy atom. The van der Waals surface area contributed by atoms with Crippen LogP contribution >= 0.6 is 11.6 Å². The van der Waals surface area contributed by atoms with E-state index in [0.29, 0.717) is 34.0 Å². The number of hydrogen-bond donors (Lipinski definition) is 2.